The van der Waals surface area contributed by atoms with E-state index in [9.17, 15) is 15.0 Å². The van der Waals surface area contributed by atoms with Crippen LogP contribution in [0, 0.1) is 0 Å². The van der Waals surface area contributed by atoms with Gasteiger partial charge in [0.05, 0.1) is 18.6 Å². The van der Waals surface area contributed by atoms with E-state index in [-0.39, 0.29) is 30.7 Å². The smallest absolute Gasteiger partial charge is 0.232 e. The molecule has 8 heteroatoms. The van der Waals surface area contributed by atoms with Crippen LogP contribution < -0.4 is 5.32 Å². The second-order valence-corrected chi connectivity index (χ2v) is 7.52. The number of pyridine rings is 1. The molecular formula is C26H34ClN3O4. The molecule has 0 saturated heterocycles. The summed E-state index contributed by atoms with van der Waals surface area (Å²) in [5, 5.41) is 31.0. The standard InChI is InChI=1S/C17H20N2O2.C9H13NO2.ClH/c1-2-19(12-14-8-10-18-11-9-14)17(21)16(13-20)15-6-4-3-5-7-15;1-10-6-9(12)7-3-2-4-8(11)5-7;/h3-11,16,20H,2,12-13H2,1H3;2-5,9-12H,6H2,1H3;1H/t;9-;/m.0./s1. The van der Waals surface area contributed by atoms with Crippen LogP contribution in [0.4, 0.5) is 0 Å². The number of carbonyl (C=O) groups is 1. The molecule has 0 radical (unpaired) electrons. The highest BCUT2D eigenvalue weighted by Gasteiger charge is 2.24. The van der Waals surface area contributed by atoms with E-state index in [0.29, 0.717) is 19.6 Å². The lowest BCUT2D eigenvalue weighted by Crippen LogP contribution is -2.36. The minimum Gasteiger partial charge on any atom is -0.508 e. The number of halogens is 1. The summed E-state index contributed by atoms with van der Waals surface area (Å²) < 4.78 is 0. The number of rotatable bonds is 9. The van der Waals surface area contributed by atoms with Crippen molar-refractivity contribution in [2.24, 2.45) is 0 Å². The molecule has 0 bridgehead atoms. The Morgan fingerprint density at radius 1 is 1.03 bits per heavy atom. The maximum atomic E-state index is 12.7. The van der Waals surface area contributed by atoms with Crippen molar-refractivity contribution in [1.82, 2.24) is 15.2 Å². The van der Waals surface area contributed by atoms with Crippen molar-refractivity contribution in [2.45, 2.75) is 25.5 Å². The molecule has 2 atom stereocenters. The summed E-state index contributed by atoms with van der Waals surface area (Å²) >= 11 is 0. The summed E-state index contributed by atoms with van der Waals surface area (Å²) in [5.41, 5.74) is 2.60. The number of aromatic hydroxyl groups is 1. The van der Waals surface area contributed by atoms with E-state index in [0.717, 1.165) is 16.7 Å². The molecule has 3 rings (SSSR count). The van der Waals surface area contributed by atoms with Gasteiger partial charge in [-0.05, 0) is 54.9 Å². The lowest BCUT2D eigenvalue weighted by atomic mass is 9.98. The average molecular weight is 488 g/mol. The molecule has 34 heavy (non-hydrogen) atoms. The van der Waals surface area contributed by atoms with E-state index in [1.807, 2.05) is 49.4 Å². The summed E-state index contributed by atoms with van der Waals surface area (Å²) in [6.07, 6.45) is 2.88. The van der Waals surface area contributed by atoms with E-state index in [4.69, 9.17) is 5.11 Å². The number of hydrogen-bond acceptors (Lipinski definition) is 6. The van der Waals surface area contributed by atoms with Crippen molar-refractivity contribution in [3.8, 4) is 5.75 Å². The minimum atomic E-state index is -0.554. The maximum Gasteiger partial charge on any atom is 0.232 e. The second kappa shape index (κ2) is 15.8. The van der Waals surface area contributed by atoms with Crippen molar-refractivity contribution < 1.29 is 20.1 Å². The first-order valence-electron chi connectivity index (χ1n) is 10.9. The first-order valence-corrected chi connectivity index (χ1v) is 10.9. The lowest BCUT2D eigenvalue weighted by molar-refractivity contribution is -0.134. The van der Waals surface area contributed by atoms with Gasteiger partial charge < -0.3 is 25.5 Å². The van der Waals surface area contributed by atoms with Crippen LogP contribution in [0.3, 0.4) is 0 Å². The number of aliphatic hydroxyl groups is 2. The molecule has 0 saturated carbocycles. The molecule has 3 aromatic rings. The molecule has 0 aliphatic carbocycles. The fourth-order valence-corrected chi connectivity index (χ4v) is 3.33. The summed E-state index contributed by atoms with van der Waals surface area (Å²) in [6, 6.07) is 19.8. The van der Waals surface area contributed by atoms with Crippen LogP contribution in [0.1, 0.15) is 35.6 Å². The number of hydrogen-bond donors (Lipinski definition) is 4. The molecular weight excluding hydrogens is 454 g/mol. The van der Waals surface area contributed by atoms with E-state index >= 15 is 0 Å². The number of benzene rings is 2. The number of likely N-dealkylation sites (N-methyl/N-ethyl adjacent to an activating group) is 2. The van der Waals surface area contributed by atoms with Gasteiger partial charge in [-0.15, -0.1) is 12.4 Å². The van der Waals surface area contributed by atoms with Gasteiger partial charge in [-0.1, -0.05) is 42.5 Å². The number of phenols is 1. The fraction of sp³-hybridized carbons (Fsp3) is 0.308. The third kappa shape index (κ3) is 9.11. The van der Waals surface area contributed by atoms with Crippen LogP contribution >= 0.6 is 12.4 Å². The lowest BCUT2D eigenvalue weighted by Gasteiger charge is -2.25. The van der Waals surface area contributed by atoms with Crippen molar-refractivity contribution in [3.05, 3.63) is 95.8 Å². The molecule has 2 aromatic carbocycles. The van der Waals surface area contributed by atoms with Gasteiger partial charge in [-0.2, -0.15) is 0 Å². The Labute approximate surface area is 207 Å². The Kier molecular flexibility index (Phi) is 13.5. The highest BCUT2D eigenvalue weighted by molar-refractivity contribution is 5.85. The zero-order chi connectivity index (χ0) is 24.1. The number of amides is 1. The van der Waals surface area contributed by atoms with Crippen molar-refractivity contribution in [1.29, 1.82) is 0 Å². The monoisotopic (exact) mass is 487 g/mol. The minimum absolute atomic E-state index is 0. The predicted molar refractivity (Wildman–Crippen MR) is 136 cm³/mol. The predicted octanol–water partition coefficient (Wildman–Crippen LogP) is 3.27. The van der Waals surface area contributed by atoms with Gasteiger partial charge in [0.2, 0.25) is 5.91 Å². The van der Waals surface area contributed by atoms with Crippen molar-refractivity contribution in [2.75, 3.05) is 26.7 Å². The normalized spacial score (nSPS) is 11.9. The van der Waals surface area contributed by atoms with Crippen LogP contribution in [-0.2, 0) is 11.3 Å². The molecule has 0 aliphatic rings. The van der Waals surface area contributed by atoms with Crippen LogP contribution in [0.25, 0.3) is 0 Å². The molecule has 1 unspecified atom stereocenters. The van der Waals surface area contributed by atoms with Crippen LogP contribution in [0.2, 0.25) is 0 Å². The molecule has 0 spiro atoms. The van der Waals surface area contributed by atoms with Crippen molar-refractivity contribution in [3.63, 3.8) is 0 Å². The second-order valence-electron chi connectivity index (χ2n) is 7.52. The molecule has 7 nitrogen and oxygen atoms in total. The van der Waals surface area contributed by atoms with Gasteiger partial charge >= 0.3 is 0 Å². The summed E-state index contributed by atoms with van der Waals surface area (Å²) in [6.45, 7) is 3.38. The third-order valence-corrected chi connectivity index (χ3v) is 5.15. The Morgan fingerprint density at radius 3 is 2.24 bits per heavy atom. The highest BCUT2D eigenvalue weighted by atomic mass is 35.5. The van der Waals surface area contributed by atoms with Gasteiger partial charge in [0.15, 0.2) is 0 Å². The van der Waals surface area contributed by atoms with Gasteiger partial charge in [0, 0.05) is 32.0 Å². The molecule has 184 valence electrons. The van der Waals surface area contributed by atoms with Crippen LogP contribution in [0.5, 0.6) is 5.75 Å². The molecule has 0 aliphatic heterocycles. The van der Waals surface area contributed by atoms with Gasteiger partial charge in [0.25, 0.3) is 0 Å². The fourth-order valence-electron chi connectivity index (χ4n) is 3.33. The molecule has 1 heterocycles. The number of nitrogens with one attached hydrogen (secondary N) is 1. The Balaban J connectivity index is 0.000000380. The Morgan fingerprint density at radius 2 is 1.68 bits per heavy atom. The quantitative estimate of drug-likeness (QED) is 0.369. The van der Waals surface area contributed by atoms with Crippen LogP contribution in [0.15, 0.2) is 79.1 Å². The number of aliphatic hydroxyl groups excluding tert-OH is 2. The Hall–Kier alpha value is -2.97. The molecule has 1 amide bonds. The van der Waals surface area contributed by atoms with E-state index < -0.39 is 12.0 Å². The van der Waals surface area contributed by atoms with E-state index in [2.05, 4.69) is 10.3 Å². The zero-order valence-electron chi connectivity index (χ0n) is 19.5. The highest BCUT2D eigenvalue weighted by Crippen LogP contribution is 2.19. The zero-order valence-corrected chi connectivity index (χ0v) is 20.4. The van der Waals surface area contributed by atoms with Gasteiger partial charge in [-0.25, -0.2) is 0 Å². The summed E-state index contributed by atoms with van der Waals surface area (Å²) in [4.78, 5) is 18.4. The first kappa shape index (κ1) is 29.1. The first-order chi connectivity index (χ1) is 16.0. The molecule has 1 aromatic heterocycles. The number of carbonyl (C=O) groups excluding carboxylic acids is 1. The SMILES string of the molecule is CCN(Cc1ccncc1)C(=O)C(CO)c1ccccc1.CNC[C@H](O)c1cccc(O)c1.Cl. The summed E-state index contributed by atoms with van der Waals surface area (Å²) in [5.74, 6) is -0.376. The van der Waals surface area contributed by atoms with Crippen LogP contribution in [-0.4, -0.2) is 57.9 Å². The van der Waals surface area contributed by atoms with Gasteiger partial charge in [-0.3, -0.25) is 9.78 Å². The Bertz CT molecular complexity index is 961. The number of nitrogens with zero attached hydrogens (tertiary/aromatic N) is 2. The third-order valence-electron chi connectivity index (χ3n) is 5.15. The summed E-state index contributed by atoms with van der Waals surface area (Å²) in [7, 11) is 1.77. The van der Waals surface area contributed by atoms with E-state index in [1.165, 1.54) is 0 Å². The van der Waals surface area contributed by atoms with E-state index in [1.54, 1.807) is 48.6 Å². The maximum absolute atomic E-state index is 12.7. The topological polar surface area (TPSA) is 106 Å². The number of aromatic nitrogens is 1. The average Bonchev–Trinajstić information content (AvgIpc) is 2.85. The van der Waals surface area contributed by atoms with Crippen molar-refractivity contribution >= 4 is 18.3 Å². The largest absolute Gasteiger partial charge is 0.508 e. The van der Waals surface area contributed by atoms with Gasteiger partial charge in [0.1, 0.15) is 5.75 Å². The number of phenolic OH excluding ortho intramolecular Hbond substituents is 1. The molecule has 4 N–H and O–H groups in total. The molecule has 0 fully saturated rings.